The van der Waals surface area contributed by atoms with Crippen LogP contribution in [0.25, 0.3) is 6.08 Å². The Morgan fingerprint density at radius 1 is 1.38 bits per heavy atom. The molecule has 21 heavy (non-hydrogen) atoms. The third kappa shape index (κ3) is 5.62. The molecule has 1 aromatic rings. The van der Waals surface area contributed by atoms with Gasteiger partial charge in [0, 0.05) is 12.6 Å². The van der Waals surface area contributed by atoms with Crippen LogP contribution in [0.4, 0.5) is 0 Å². The Kier molecular flexibility index (Phi) is 6.32. The van der Waals surface area contributed by atoms with E-state index in [9.17, 15) is 4.79 Å². The first kappa shape index (κ1) is 15.6. The highest BCUT2D eigenvalue weighted by molar-refractivity contribution is 5.91. The van der Waals surface area contributed by atoms with E-state index in [1.54, 1.807) is 13.2 Å². The second-order valence-electron chi connectivity index (χ2n) is 5.69. The van der Waals surface area contributed by atoms with Gasteiger partial charge in [-0.3, -0.25) is 4.79 Å². The van der Waals surface area contributed by atoms with Gasteiger partial charge in [0.05, 0.1) is 7.11 Å². The van der Waals surface area contributed by atoms with Crippen molar-refractivity contribution >= 4 is 12.0 Å². The predicted molar refractivity (Wildman–Crippen MR) is 86.2 cm³/mol. The molecule has 0 atom stereocenters. The maximum Gasteiger partial charge on any atom is 0.243 e. The molecule has 1 fully saturated rings. The summed E-state index contributed by atoms with van der Waals surface area (Å²) in [5.41, 5.74) is 0.968. The van der Waals surface area contributed by atoms with E-state index in [0.717, 1.165) is 30.2 Å². The van der Waals surface area contributed by atoms with Gasteiger partial charge < -0.3 is 10.1 Å². The molecule has 0 heterocycles. The zero-order valence-electron chi connectivity index (χ0n) is 12.8. The summed E-state index contributed by atoms with van der Waals surface area (Å²) in [4.78, 5) is 11.7. The fourth-order valence-electron chi connectivity index (χ4n) is 2.88. The normalized spacial score (nSPS) is 15.5. The summed E-state index contributed by atoms with van der Waals surface area (Å²) in [6.07, 6.45) is 11.3. The van der Waals surface area contributed by atoms with Crippen molar-refractivity contribution in [2.24, 2.45) is 5.92 Å². The van der Waals surface area contributed by atoms with E-state index in [2.05, 4.69) is 5.32 Å². The van der Waals surface area contributed by atoms with Crippen molar-refractivity contribution in [3.05, 3.63) is 35.9 Å². The van der Waals surface area contributed by atoms with E-state index >= 15 is 0 Å². The number of hydrogen-bond acceptors (Lipinski definition) is 2. The van der Waals surface area contributed by atoms with Crippen LogP contribution in [-0.2, 0) is 4.79 Å². The molecule has 1 saturated carbocycles. The minimum Gasteiger partial charge on any atom is -0.497 e. The molecule has 0 bridgehead atoms. The molecular weight excluding hydrogens is 262 g/mol. The van der Waals surface area contributed by atoms with Crippen LogP contribution in [0.1, 0.15) is 44.1 Å². The maximum atomic E-state index is 11.7. The number of benzene rings is 1. The summed E-state index contributed by atoms with van der Waals surface area (Å²) in [5, 5.41) is 2.95. The fourth-order valence-corrected chi connectivity index (χ4v) is 2.88. The standard InChI is InChI=1S/C18H25NO2/c1-21-17-10-4-8-16(14-17)11-12-18(20)19-13-5-9-15-6-2-3-7-15/h4,8,10-12,14-15H,2-3,5-7,9,13H2,1H3,(H,19,20)/b12-11+. The van der Waals surface area contributed by atoms with Crippen LogP contribution in [-0.4, -0.2) is 19.6 Å². The molecule has 1 aliphatic rings. The molecule has 114 valence electrons. The Morgan fingerprint density at radius 3 is 2.95 bits per heavy atom. The number of hydrogen-bond donors (Lipinski definition) is 1. The summed E-state index contributed by atoms with van der Waals surface area (Å²) in [7, 11) is 1.64. The zero-order valence-corrected chi connectivity index (χ0v) is 12.8. The summed E-state index contributed by atoms with van der Waals surface area (Å²) in [5.74, 6) is 1.67. The van der Waals surface area contributed by atoms with Gasteiger partial charge in [-0.15, -0.1) is 0 Å². The van der Waals surface area contributed by atoms with Crippen molar-refractivity contribution in [3.8, 4) is 5.75 Å². The van der Waals surface area contributed by atoms with E-state index in [4.69, 9.17) is 4.74 Å². The second kappa shape index (κ2) is 8.50. The molecule has 1 aliphatic carbocycles. The SMILES string of the molecule is COc1cccc(/C=C/C(=O)NCCCC2CCCC2)c1. The maximum absolute atomic E-state index is 11.7. The van der Waals surface area contributed by atoms with Crippen molar-refractivity contribution in [3.63, 3.8) is 0 Å². The number of amides is 1. The lowest BCUT2D eigenvalue weighted by Gasteiger charge is -2.08. The van der Waals surface area contributed by atoms with Gasteiger partial charge in [0.2, 0.25) is 5.91 Å². The molecule has 3 nitrogen and oxygen atoms in total. The summed E-state index contributed by atoms with van der Waals surface area (Å²) in [6, 6.07) is 7.66. The molecule has 1 aromatic carbocycles. The van der Waals surface area contributed by atoms with E-state index in [0.29, 0.717) is 0 Å². The first-order valence-electron chi connectivity index (χ1n) is 7.88. The minimum atomic E-state index is -0.0239. The van der Waals surface area contributed by atoms with Crippen molar-refractivity contribution in [1.29, 1.82) is 0 Å². The lowest BCUT2D eigenvalue weighted by atomic mass is 10.0. The van der Waals surface area contributed by atoms with Gasteiger partial charge in [0.15, 0.2) is 0 Å². The molecular formula is C18H25NO2. The molecule has 0 radical (unpaired) electrons. The quantitative estimate of drug-likeness (QED) is 0.612. The van der Waals surface area contributed by atoms with E-state index in [1.807, 2.05) is 30.3 Å². The van der Waals surface area contributed by atoms with E-state index in [1.165, 1.54) is 32.1 Å². The van der Waals surface area contributed by atoms with Crippen LogP contribution in [0.5, 0.6) is 5.75 Å². The van der Waals surface area contributed by atoms with Crippen LogP contribution in [0.15, 0.2) is 30.3 Å². The highest BCUT2D eigenvalue weighted by atomic mass is 16.5. The minimum absolute atomic E-state index is 0.0239. The Labute approximate surface area is 127 Å². The number of ether oxygens (including phenoxy) is 1. The summed E-state index contributed by atoms with van der Waals surface area (Å²) in [6.45, 7) is 0.776. The van der Waals surface area contributed by atoms with E-state index in [-0.39, 0.29) is 5.91 Å². The highest BCUT2D eigenvalue weighted by Gasteiger charge is 2.13. The van der Waals surface area contributed by atoms with Gasteiger partial charge in [0.25, 0.3) is 0 Å². The highest BCUT2D eigenvalue weighted by Crippen LogP contribution is 2.28. The molecule has 0 spiro atoms. The molecule has 0 aliphatic heterocycles. The van der Waals surface area contributed by atoms with E-state index < -0.39 is 0 Å². The number of carbonyl (C=O) groups excluding carboxylic acids is 1. The van der Waals surface area contributed by atoms with Gasteiger partial charge >= 0.3 is 0 Å². The van der Waals surface area contributed by atoms with Crippen molar-refractivity contribution in [2.75, 3.05) is 13.7 Å². The largest absolute Gasteiger partial charge is 0.497 e. The first-order valence-corrected chi connectivity index (χ1v) is 7.88. The molecule has 0 unspecified atom stereocenters. The number of nitrogens with one attached hydrogen (secondary N) is 1. The van der Waals surface area contributed by atoms with Gasteiger partial charge in [-0.1, -0.05) is 37.8 Å². The van der Waals surface area contributed by atoms with Gasteiger partial charge in [0.1, 0.15) is 5.75 Å². The number of rotatable bonds is 7. The Morgan fingerprint density at radius 2 is 2.19 bits per heavy atom. The molecule has 3 heteroatoms. The van der Waals surface area contributed by atoms with Crippen molar-refractivity contribution in [1.82, 2.24) is 5.32 Å². The van der Waals surface area contributed by atoms with Gasteiger partial charge in [-0.2, -0.15) is 0 Å². The van der Waals surface area contributed by atoms with Crippen LogP contribution in [0.3, 0.4) is 0 Å². The third-order valence-corrected chi connectivity index (χ3v) is 4.08. The van der Waals surface area contributed by atoms with Crippen LogP contribution >= 0.6 is 0 Å². The average molecular weight is 287 g/mol. The monoisotopic (exact) mass is 287 g/mol. The topological polar surface area (TPSA) is 38.3 Å². The Bertz CT molecular complexity index is 476. The zero-order chi connectivity index (χ0) is 14.9. The van der Waals surface area contributed by atoms with Crippen LogP contribution in [0.2, 0.25) is 0 Å². The molecule has 0 saturated heterocycles. The van der Waals surface area contributed by atoms with Gasteiger partial charge in [-0.05, 0) is 42.5 Å². The summed E-state index contributed by atoms with van der Waals surface area (Å²) >= 11 is 0. The molecule has 1 amide bonds. The first-order chi connectivity index (χ1) is 10.3. The Balaban J connectivity index is 1.67. The smallest absolute Gasteiger partial charge is 0.243 e. The average Bonchev–Trinajstić information content (AvgIpc) is 3.03. The fraction of sp³-hybridized carbons (Fsp3) is 0.500. The molecule has 2 rings (SSSR count). The summed E-state index contributed by atoms with van der Waals surface area (Å²) < 4.78 is 5.16. The Hall–Kier alpha value is -1.77. The second-order valence-corrected chi connectivity index (χ2v) is 5.69. The molecule has 1 N–H and O–H groups in total. The predicted octanol–water partition coefficient (Wildman–Crippen LogP) is 3.80. The van der Waals surface area contributed by atoms with Crippen LogP contribution < -0.4 is 10.1 Å². The lowest BCUT2D eigenvalue weighted by molar-refractivity contribution is -0.116. The third-order valence-electron chi connectivity index (χ3n) is 4.08. The van der Waals surface area contributed by atoms with Gasteiger partial charge in [-0.25, -0.2) is 0 Å². The van der Waals surface area contributed by atoms with Crippen molar-refractivity contribution < 1.29 is 9.53 Å². The van der Waals surface area contributed by atoms with Crippen LogP contribution in [0, 0.1) is 5.92 Å². The number of carbonyl (C=O) groups is 1. The molecule has 0 aromatic heterocycles. The van der Waals surface area contributed by atoms with Crippen molar-refractivity contribution in [2.45, 2.75) is 38.5 Å². The lowest BCUT2D eigenvalue weighted by Crippen LogP contribution is -2.22. The number of methoxy groups -OCH3 is 1.